The fourth-order valence-electron chi connectivity index (χ4n) is 2.26. The number of aryl methyl sites for hydroxylation is 1. The number of carbonyl (C=O) groups is 1. The van der Waals surface area contributed by atoms with Crippen molar-refractivity contribution in [1.82, 2.24) is 5.32 Å². The highest BCUT2D eigenvalue weighted by Gasteiger charge is 2.30. The molecule has 0 bridgehead atoms. The minimum atomic E-state index is -0.529. The lowest BCUT2D eigenvalue weighted by atomic mass is 9.92. The average Bonchev–Trinajstić information content (AvgIpc) is 2.45. The number of amides is 1. The van der Waals surface area contributed by atoms with Gasteiger partial charge in [0.25, 0.3) is 0 Å². The van der Waals surface area contributed by atoms with Crippen LogP contribution in [0.4, 0.5) is 0 Å². The van der Waals surface area contributed by atoms with Gasteiger partial charge in [-0.1, -0.05) is 56.4 Å². The predicted octanol–water partition coefficient (Wildman–Crippen LogP) is 2.97. The molecule has 0 radical (unpaired) electrons. The monoisotopic (exact) mass is 292 g/mol. The van der Waals surface area contributed by atoms with Gasteiger partial charge in [0, 0.05) is 6.42 Å². The Labute approximate surface area is 126 Å². The molecule has 4 heteroatoms. The van der Waals surface area contributed by atoms with Gasteiger partial charge < -0.3 is 11.1 Å². The number of hydrogen-bond donors (Lipinski definition) is 2. The number of nitrogens with one attached hydrogen (secondary N) is 1. The molecule has 0 aromatic heterocycles. The number of hydrogen-bond acceptors (Lipinski definition) is 2. The van der Waals surface area contributed by atoms with E-state index < -0.39 is 5.54 Å². The summed E-state index contributed by atoms with van der Waals surface area (Å²) >= 11 is 5.10. The van der Waals surface area contributed by atoms with Crippen molar-refractivity contribution in [2.75, 3.05) is 0 Å². The summed E-state index contributed by atoms with van der Waals surface area (Å²) < 4.78 is 0. The highest BCUT2D eigenvalue weighted by molar-refractivity contribution is 7.80. The molecule has 0 aliphatic carbocycles. The Kier molecular flexibility index (Phi) is 6.65. The molecule has 0 spiro atoms. The van der Waals surface area contributed by atoms with E-state index in [9.17, 15) is 4.79 Å². The zero-order valence-electron chi connectivity index (χ0n) is 12.3. The predicted molar refractivity (Wildman–Crippen MR) is 87.6 cm³/mol. The quantitative estimate of drug-likeness (QED) is 0.724. The van der Waals surface area contributed by atoms with E-state index in [4.69, 9.17) is 18.0 Å². The van der Waals surface area contributed by atoms with Crippen LogP contribution in [0.15, 0.2) is 30.3 Å². The third kappa shape index (κ3) is 4.60. The summed E-state index contributed by atoms with van der Waals surface area (Å²) in [6.45, 7) is 3.99. The van der Waals surface area contributed by atoms with E-state index in [0.29, 0.717) is 11.4 Å². The van der Waals surface area contributed by atoms with E-state index in [1.807, 2.05) is 32.0 Å². The van der Waals surface area contributed by atoms with Crippen LogP contribution in [0.25, 0.3) is 0 Å². The van der Waals surface area contributed by atoms with Crippen LogP contribution in [0.1, 0.15) is 45.1 Å². The lowest BCUT2D eigenvalue weighted by molar-refractivity contribution is -0.122. The van der Waals surface area contributed by atoms with Crippen molar-refractivity contribution < 1.29 is 4.79 Å². The Bertz CT molecular complexity index is 441. The van der Waals surface area contributed by atoms with E-state index in [1.54, 1.807) is 0 Å². The maximum absolute atomic E-state index is 12.0. The summed E-state index contributed by atoms with van der Waals surface area (Å²) in [4.78, 5) is 12.4. The van der Waals surface area contributed by atoms with Gasteiger partial charge in [-0.3, -0.25) is 4.79 Å². The molecule has 1 aromatic carbocycles. The van der Waals surface area contributed by atoms with Crippen molar-refractivity contribution in [3.63, 3.8) is 0 Å². The smallest absolute Gasteiger partial charge is 0.220 e. The molecule has 0 aliphatic heterocycles. The molecule has 0 aliphatic rings. The second-order valence-corrected chi connectivity index (χ2v) is 5.48. The topological polar surface area (TPSA) is 55.1 Å². The van der Waals surface area contributed by atoms with Gasteiger partial charge in [-0.15, -0.1) is 0 Å². The van der Waals surface area contributed by atoms with Gasteiger partial charge in [0.15, 0.2) is 0 Å². The first kappa shape index (κ1) is 16.6. The lowest BCUT2D eigenvalue weighted by Gasteiger charge is -2.31. The number of carbonyl (C=O) groups excluding carboxylic acids is 1. The van der Waals surface area contributed by atoms with Crippen LogP contribution in [-0.2, 0) is 11.2 Å². The van der Waals surface area contributed by atoms with Crippen LogP contribution in [0.3, 0.4) is 0 Å². The summed E-state index contributed by atoms with van der Waals surface area (Å²) in [5.74, 6) is 0.0254. The molecule has 1 aromatic rings. The van der Waals surface area contributed by atoms with E-state index in [1.165, 1.54) is 5.56 Å². The van der Waals surface area contributed by atoms with Crippen LogP contribution < -0.4 is 11.1 Å². The van der Waals surface area contributed by atoms with Crippen LogP contribution in [0, 0.1) is 0 Å². The Morgan fingerprint density at radius 2 is 1.85 bits per heavy atom. The molecule has 0 fully saturated rings. The molecule has 3 N–H and O–H groups in total. The average molecular weight is 292 g/mol. The summed E-state index contributed by atoms with van der Waals surface area (Å²) in [5.41, 5.74) is 6.51. The Hall–Kier alpha value is -1.42. The van der Waals surface area contributed by atoms with Crippen molar-refractivity contribution >= 4 is 23.1 Å². The van der Waals surface area contributed by atoms with Crippen molar-refractivity contribution in [3.05, 3.63) is 35.9 Å². The molecule has 0 heterocycles. The normalized spacial score (nSPS) is 11.1. The maximum atomic E-state index is 12.0. The van der Waals surface area contributed by atoms with Gasteiger partial charge in [-0.2, -0.15) is 0 Å². The number of thiocarbonyl (C=S) groups is 1. The molecule has 3 nitrogen and oxygen atoms in total. The van der Waals surface area contributed by atoms with E-state index in [-0.39, 0.29) is 5.91 Å². The van der Waals surface area contributed by atoms with Crippen molar-refractivity contribution in [2.45, 2.75) is 51.5 Å². The minimum absolute atomic E-state index is 0.0254. The first-order valence-electron chi connectivity index (χ1n) is 7.19. The molecule has 110 valence electrons. The molecular weight excluding hydrogens is 268 g/mol. The molecule has 1 amide bonds. The molecule has 20 heavy (non-hydrogen) atoms. The highest BCUT2D eigenvalue weighted by atomic mass is 32.1. The second-order valence-electron chi connectivity index (χ2n) is 5.04. The molecule has 1 rings (SSSR count). The molecule has 0 atom stereocenters. The van der Waals surface area contributed by atoms with Crippen molar-refractivity contribution in [3.8, 4) is 0 Å². The molecular formula is C16H24N2OS. The molecule has 0 saturated carbocycles. The SMILES string of the molecule is CCC(CC)(NC(=O)CCCc1ccccc1)C(N)=S. The van der Waals surface area contributed by atoms with Crippen molar-refractivity contribution in [1.29, 1.82) is 0 Å². The van der Waals surface area contributed by atoms with Gasteiger partial charge in [-0.05, 0) is 31.2 Å². The van der Waals surface area contributed by atoms with Crippen molar-refractivity contribution in [2.24, 2.45) is 5.73 Å². The van der Waals surface area contributed by atoms with E-state index in [2.05, 4.69) is 17.4 Å². The fraction of sp³-hybridized carbons (Fsp3) is 0.500. The van der Waals surface area contributed by atoms with Crippen LogP contribution in [0.5, 0.6) is 0 Å². The van der Waals surface area contributed by atoms with Crippen LogP contribution in [-0.4, -0.2) is 16.4 Å². The Balaban J connectivity index is 2.45. The van der Waals surface area contributed by atoms with Gasteiger partial charge in [0.05, 0.1) is 10.5 Å². The third-order valence-electron chi connectivity index (χ3n) is 3.77. The number of rotatable bonds is 8. The molecule has 0 saturated heterocycles. The van der Waals surface area contributed by atoms with Crippen LogP contribution in [0.2, 0.25) is 0 Å². The zero-order valence-corrected chi connectivity index (χ0v) is 13.1. The van der Waals surface area contributed by atoms with Crippen LogP contribution >= 0.6 is 12.2 Å². The largest absolute Gasteiger partial charge is 0.391 e. The van der Waals surface area contributed by atoms with Gasteiger partial charge in [0.1, 0.15) is 0 Å². The Morgan fingerprint density at radius 1 is 1.25 bits per heavy atom. The maximum Gasteiger partial charge on any atom is 0.220 e. The van der Waals surface area contributed by atoms with E-state index in [0.717, 1.165) is 25.7 Å². The van der Waals surface area contributed by atoms with E-state index >= 15 is 0 Å². The summed E-state index contributed by atoms with van der Waals surface area (Å²) in [5, 5.41) is 3.01. The standard InChI is InChI=1S/C16H24N2OS/c1-3-16(4-2,15(17)20)18-14(19)12-8-11-13-9-6-5-7-10-13/h5-7,9-10H,3-4,8,11-12H2,1-2H3,(H2,17,20)(H,18,19). The first-order valence-corrected chi connectivity index (χ1v) is 7.59. The summed E-state index contributed by atoms with van der Waals surface area (Å²) in [6.07, 6.45) is 3.69. The molecule has 0 unspecified atom stereocenters. The lowest BCUT2D eigenvalue weighted by Crippen LogP contribution is -2.55. The van der Waals surface area contributed by atoms with Gasteiger partial charge in [0.2, 0.25) is 5.91 Å². The fourth-order valence-corrected chi connectivity index (χ4v) is 2.60. The first-order chi connectivity index (χ1) is 9.54. The highest BCUT2D eigenvalue weighted by Crippen LogP contribution is 2.16. The third-order valence-corrected chi connectivity index (χ3v) is 4.16. The Morgan fingerprint density at radius 3 is 2.35 bits per heavy atom. The minimum Gasteiger partial charge on any atom is -0.391 e. The zero-order chi connectivity index (χ0) is 15.0. The second kappa shape index (κ2) is 8.00. The van der Waals surface area contributed by atoms with Gasteiger partial charge >= 0.3 is 0 Å². The summed E-state index contributed by atoms with van der Waals surface area (Å²) in [6, 6.07) is 10.2. The number of nitrogens with two attached hydrogens (primary N) is 1. The summed E-state index contributed by atoms with van der Waals surface area (Å²) in [7, 11) is 0. The van der Waals surface area contributed by atoms with Gasteiger partial charge in [-0.25, -0.2) is 0 Å². The number of benzene rings is 1.